The number of carbonyl (C=O) groups is 1. The van der Waals surface area contributed by atoms with Gasteiger partial charge in [0.15, 0.2) is 9.84 Å². The Balaban J connectivity index is 2.08. The monoisotopic (exact) mass is 306 g/mol. The maximum Gasteiger partial charge on any atom is 0.251 e. The Kier molecular flexibility index (Phi) is 4.66. The minimum absolute atomic E-state index is 0.0256. The Morgan fingerprint density at radius 1 is 1.48 bits per heavy atom. The van der Waals surface area contributed by atoms with Gasteiger partial charge < -0.3 is 11.1 Å². The van der Waals surface area contributed by atoms with Gasteiger partial charge in [-0.15, -0.1) is 0 Å². The number of amides is 1. The normalized spacial score (nSPS) is 19.6. The Hall–Kier alpha value is -1.84. The number of carbonyl (C=O) groups excluding carboxylic acids is 1. The molecule has 1 unspecified atom stereocenters. The van der Waals surface area contributed by atoms with E-state index in [1.54, 1.807) is 18.2 Å². The first-order chi connectivity index (χ1) is 9.91. The van der Waals surface area contributed by atoms with Gasteiger partial charge in [-0.2, -0.15) is 0 Å². The highest BCUT2D eigenvalue weighted by Gasteiger charge is 2.29. The molecule has 0 aromatic heterocycles. The quantitative estimate of drug-likeness (QED) is 0.765. The average molecular weight is 306 g/mol. The molecule has 1 aromatic carbocycles. The number of benzene rings is 1. The molecule has 2 rings (SSSR count). The molecule has 0 radical (unpaired) electrons. The second kappa shape index (κ2) is 6.29. The van der Waals surface area contributed by atoms with E-state index < -0.39 is 9.84 Å². The smallest absolute Gasteiger partial charge is 0.251 e. The summed E-state index contributed by atoms with van der Waals surface area (Å²) in [5.74, 6) is 5.63. The zero-order valence-corrected chi connectivity index (χ0v) is 12.7. The lowest BCUT2D eigenvalue weighted by molar-refractivity contribution is 0.0941. The van der Waals surface area contributed by atoms with E-state index >= 15 is 0 Å². The van der Waals surface area contributed by atoms with Gasteiger partial charge in [0.1, 0.15) is 0 Å². The first kappa shape index (κ1) is 15.5. The Morgan fingerprint density at radius 2 is 2.24 bits per heavy atom. The summed E-state index contributed by atoms with van der Waals surface area (Å²) in [4.78, 5) is 12.1. The van der Waals surface area contributed by atoms with Crippen molar-refractivity contribution >= 4 is 15.7 Å². The van der Waals surface area contributed by atoms with Crippen molar-refractivity contribution in [3.05, 3.63) is 34.9 Å². The number of nitrogens with two attached hydrogens (primary N) is 1. The molecular weight excluding hydrogens is 288 g/mol. The van der Waals surface area contributed by atoms with E-state index in [0.29, 0.717) is 12.0 Å². The van der Waals surface area contributed by atoms with Crippen molar-refractivity contribution < 1.29 is 13.2 Å². The van der Waals surface area contributed by atoms with Gasteiger partial charge in [0.25, 0.3) is 5.91 Å². The Bertz CT molecular complexity index is 714. The third-order valence-corrected chi connectivity index (χ3v) is 5.15. The van der Waals surface area contributed by atoms with Crippen molar-refractivity contribution in [2.24, 2.45) is 5.73 Å². The standard InChI is InChI=1S/C15H18N2O3S/c1-11-9-13(5-4-12(11)3-2-7-16)15(18)17-14-6-8-21(19,20)10-14/h4-5,9,14H,6-8,10,16H2,1H3,(H,17,18). The molecule has 6 heteroatoms. The number of aryl methyl sites for hydroxylation is 1. The summed E-state index contributed by atoms with van der Waals surface area (Å²) in [5, 5.41) is 2.77. The van der Waals surface area contributed by atoms with E-state index in [4.69, 9.17) is 5.73 Å². The third-order valence-electron chi connectivity index (χ3n) is 3.38. The average Bonchev–Trinajstić information content (AvgIpc) is 2.76. The fraction of sp³-hybridized carbons (Fsp3) is 0.400. The summed E-state index contributed by atoms with van der Waals surface area (Å²) in [5.41, 5.74) is 7.57. The van der Waals surface area contributed by atoms with Crippen LogP contribution in [0.3, 0.4) is 0 Å². The lowest BCUT2D eigenvalue weighted by atomic mass is 10.0. The molecule has 0 bridgehead atoms. The van der Waals surface area contributed by atoms with Crippen LogP contribution in [0.15, 0.2) is 18.2 Å². The highest BCUT2D eigenvalue weighted by atomic mass is 32.2. The molecule has 1 fully saturated rings. The summed E-state index contributed by atoms with van der Waals surface area (Å²) in [7, 11) is -2.99. The van der Waals surface area contributed by atoms with E-state index in [0.717, 1.165) is 11.1 Å². The van der Waals surface area contributed by atoms with Crippen LogP contribution in [0.1, 0.15) is 27.9 Å². The number of nitrogens with one attached hydrogen (secondary N) is 1. The van der Waals surface area contributed by atoms with Crippen molar-refractivity contribution in [2.45, 2.75) is 19.4 Å². The lowest BCUT2D eigenvalue weighted by Gasteiger charge is -2.11. The Labute approximate surface area is 124 Å². The highest BCUT2D eigenvalue weighted by molar-refractivity contribution is 7.91. The largest absolute Gasteiger partial charge is 0.348 e. The summed E-state index contributed by atoms with van der Waals surface area (Å²) in [6.45, 7) is 2.16. The van der Waals surface area contributed by atoms with Gasteiger partial charge >= 0.3 is 0 Å². The van der Waals surface area contributed by atoms with Gasteiger partial charge in [0.05, 0.1) is 18.1 Å². The van der Waals surface area contributed by atoms with E-state index in [1.807, 2.05) is 6.92 Å². The second-order valence-electron chi connectivity index (χ2n) is 5.11. The molecule has 1 saturated heterocycles. The van der Waals surface area contributed by atoms with E-state index in [-0.39, 0.29) is 30.0 Å². The van der Waals surface area contributed by atoms with Gasteiger partial charge in [-0.05, 0) is 37.1 Å². The van der Waals surface area contributed by atoms with Crippen LogP contribution in [-0.4, -0.2) is 38.4 Å². The van der Waals surface area contributed by atoms with E-state index in [2.05, 4.69) is 17.2 Å². The minimum atomic E-state index is -2.99. The van der Waals surface area contributed by atoms with Crippen LogP contribution in [0.25, 0.3) is 0 Å². The molecule has 0 aliphatic carbocycles. The summed E-state index contributed by atoms with van der Waals surface area (Å²) in [6.07, 6.45) is 0.479. The van der Waals surface area contributed by atoms with Crippen LogP contribution in [-0.2, 0) is 9.84 Å². The number of sulfone groups is 1. The molecule has 1 aromatic rings. The van der Waals surface area contributed by atoms with Crippen LogP contribution in [0.4, 0.5) is 0 Å². The zero-order chi connectivity index (χ0) is 15.5. The van der Waals surface area contributed by atoms with Crippen LogP contribution in [0, 0.1) is 18.8 Å². The van der Waals surface area contributed by atoms with Gasteiger partial charge in [-0.1, -0.05) is 11.8 Å². The minimum Gasteiger partial charge on any atom is -0.348 e. The van der Waals surface area contributed by atoms with Gasteiger partial charge in [-0.25, -0.2) is 8.42 Å². The molecule has 112 valence electrons. The topological polar surface area (TPSA) is 89.3 Å². The van der Waals surface area contributed by atoms with Crippen LogP contribution >= 0.6 is 0 Å². The van der Waals surface area contributed by atoms with Gasteiger partial charge in [0.2, 0.25) is 0 Å². The number of hydrogen-bond acceptors (Lipinski definition) is 4. The van der Waals surface area contributed by atoms with Crippen LogP contribution < -0.4 is 11.1 Å². The predicted molar refractivity (Wildman–Crippen MR) is 81.6 cm³/mol. The molecule has 1 aliphatic heterocycles. The SMILES string of the molecule is Cc1cc(C(=O)NC2CCS(=O)(=O)C2)ccc1C#CCN. The second-order valence-corrected chi connectivity index (χ2v) is 7.34. The molecule has 0 spiro atoms. The van der Waals surface area contributed by atoms with Crippen LogP contribution in [0.5, 0.6) is 0 Å². The van der Waals surface area contributed by atoms with E-state index in [9.17, 15) is 13.2 Å². The molecule has 0 saturated carbocycles. The van der Waals surface area contributed by atoms with Crippen molar-refractivity contribution in [2.75, 3.05) is 18.1 Å². The number of hydrogen-bond donors (Lipinski definition) is 2. The van der Waals surface area contributed by atoms with Crippen molar-refractivity contribution in [3.63, 3.8) is 0 Å². The van der Waals surface area contributed by atoms with Gasteiger partial charge in [-0.3, -0.25) is 4.79 Å². The molecule has 21 heavy (non-hydrogen) atoms. The number of rotatable bonds is 2. The summed E-state index contributed by atoms with van der Waals surface area (Å²) >= 11 is 0. The van der Waals surface area contributed by atoms with Crippen molar-refractivity contribution in [1.29, 1.82) is 0 Å². The fourth-order valence-electron chi connectivity index (χ4n) is 2.27. The van der Waals surface area contributed by atoms with E-state index in [1.165, 1.54) is 0 Å². The first-order valence-electron chi connectivity index (χ1n) is 6.72. The molecule has 1 aliphatic rings. The van der Waals surface area contributed by atoms with Crippen LogP contribution in [0.2, 0.25) is 0 Å². The van der Waals surface area contributed by atoms with Gasteiger partial charge in [0, 0.05) is 17.2 Å². The molecular formula is C15H18N2O3S. The fourth-order valence-corrected chi connectivity index (χ4v) is 3.94. The Morgan fingerprint density at radius 3 is 2.81 bits per heavy atom. The molecule has 5 nitrogen and oxygen atoms in total. The first-order valence-corrected chi connectivity index (χ1v) is 8.54. The maximum atomic E-state index is 12.1. The third kappa shape index (κ3) is 4.06. The maximum absolute atomic E-state index is 12.1. The van der Waals surface area contributed by atoms with Crippen molar-refractivity contribution in [1.82, 2.24) is 5.32 Å². The zero-order valence-electron chi connectivity index (χ0n) is 11.8. The summed E-state index contributed by atoms with van der Waals surface area (Å²) in [6, 6.07) is 4.92. The lowest BCUT2D eigenvalue weighted by Crippen LogP contribution is -2.35. The predicted octanol–water partition coefficient (Wildman–Crippen LogP) is 0.222. The molecule has 1 heterocycles. The molecule has 3 N–H and O–H groups in total. The molecule has 1 atom stereocenters. The summed E-state index contributed by atoms with van der Waals surface area (Å²) < 4.78 is 22.8. The van der Waals surface area contributed by atoms with Crippen molar-refractivity contribution in [3.8, 4) is 11.8 Å². The molecule has 1 amide bonds. The highest BCUT2D eigenvalue weighted by Crippen LogP contribution is 2.14.